The van der Waals surface area contributed by atoms with E-state index in [1.54, 1.807) is 6.07 Å². The monoisotopic (exact) mass is 623 g/mol. The molecule has 1 N–H and O–H groups in total. The summed E-state index contributed by atoms with van der Waals surface area (Å²) in [6, 6.07) is 11.2. The number of nitrogens with one attached hydrogen (secondary N) is 1. The number of benzene rings is 3. The van der Waals surface area contributed by atoms with Gasteiger partial charge >= 0.3 is 12.2 Å². The lowest BCUT2D eigenvalue weighted by molar-refractivity contribution is -0.384. The van der Waals surface area contributed by atoms with Crippen LogP contribution in [0.1, 0.15) is 16.7 Å². The Bertz CT molecular complexity index is 1560. The largest absolute Gasteiger partial charge is 0.488 e. The molecule has 0 radical (unpaired) electrons. The SMILES string of the molecule is O=C1NC(=O)N(c2cc(C(F)(F)F)ccc2Cl)C(=O)/C1=C\c1ccc(OCc2cccc([N+](=O)[O-])c2)c(Br)c1. The lowest BCUT2D eigenvalue weighted by Crippen LogP contribution is -2.54. The number of amides is 4. The third-order valence-electron chi connectivity index (χ3n) is 5.40. The van der Waals surface area contributed by atoms with Crippen molar-refractivity contribution in [2.45, 2.75) is 12.8 Å². The number of ether oxygens (including phenoxy) is 1. The zero-order valence-corrected chi connectivity index (χ0v) is 21.6. The van der Waals surface area contributed by atoms with Gasteiger partial charge in [-0.2, -0.15) is 13.2 Å². The number of carbonyl (C=O) groups is 3. The van der Waals surface area contributed by atoms with E-state index in [0.717, 1.165) is 12.1 Å². The number of barbiturate groups is 1. The number of hydrogen-bond donors (Lipinski definition) is 1. The number of alkyl halides is 3. The normalized spacial score (nSPS) is 14.9. The molecule has 0 unspecified atom stereocenters. The molecule has 1 aliphatic heterocycles. The third kappa shape index (κ3) is 6.10. The lowest BCUT2D eigenvalue weighted by atomic mass is 10.1. The van der Waals surface area contributed by atoms with Crippen LogP contribution in [0.3, 0.4) is 0 Å². The van der Waals surface area contributed by atoms with Crippen molar-refractivity contribution < 1.29 is 37.2 Å². The Morgan fingerprint density at radius 3 is 2.49 bits per heavy atom. The predicted octanol–water partition coefficient (Wildman–Crippen LogP) is 6.27. The van der Waals surface area contributed by atoms with Gasteiger partial charge in [-0.05, 0) is 63.5 Å². The number of carbonyl (C=O) groups excluding carboxylic acids is 3. The van der Waals surface area contributed by atoms with Crippen LogP contribution in [0.25, 0.3) is 6.08 Å². The number of nitro groups is 1. The summed E-state index contributed by atoms with van der Waals surface area (Å²) in [6.07, 6.45) is -3.62. The first kappa shape index (κ1) is 27.8. The van der Waals surface area contributed by atoms with Crippen LogP contribution in [-0.2, 0) is 22.4 Å². The summed E-state index contributed by atoms with van der Waals surface area (Å²) in [7, 11) is 0. The van der Waals surface area contributed by atoms with Gasteiger partial charge in [-0.1, -0.05) is 29.8 Å². The predicted molar refractivity (Wildman–Crippen MR) is 137 cm³/mol. The molecule has 3 aromatic rings. The highest BCUT2D eigenvalue weighted by atomic mass is 79.9. The van der Waals surface area contributed by atoms with Gasteiger partial charge in [0.1, 0.15) is 17.9 Å². The summed E-state index contributed by atoms with van der Waals surface area (Å²) in [5.41, 5.74) is -1.45. The summed E-state index contributed by atoms with van der Waals surface area (Å²) >= 11 is 9.30. The quantitative estimate of drug-likeness (QED) is 0.149. The fourth-order valence-electron chi connectivity index (χ4n) is 3.55. The Hall–Kier alpha value is -4.23. The first-order valence-electron chi connectivity index (χ1n) is 10.8. The molecule has 0 bridgehead atoms. The smallest absolute Gasteiger partial charge is 0.416 e. The second-order valence-corrected chi connectivity index (χ2v) is 9.29. The van der Waals surface area contributed by atoms with E-state index in [1.807, 2.05) is 5.32 Å². The van der Waals surface area contributed by atoms with Gasteiger partial charge in [-0.15, -0.1) is 0 Å². The van der Waals surface area contributed by atoms with Crippen molar-refractivity contribution in [2.75, 3.05) is 4.90 Å². The van der Waals surface area contributed by atoms with E-state index in [0.29, 0.717) is 38.4 Å². The molecule has 3 aromatic carbocycles. The zero-order valence-electron chi connectivity index (χ0n) is 19.3. The van der Waals surface area contributed by atoms with Crippen molar-refractivity contribution in [2.24, 2.45) is 0 Å². The van der Waals surface area contributed by atoms with E-state index in [9.17, 15) is 37.7 Å². The van der Waals surface area contributed by atoms with Crippen molar-refractivity contribution in [3.8, 4) is 5.75 Å². The maximum Gasteiger partial charge on any atom is 0.416 e. The Labute approximate surface area is 231 Å². The number of hydrogen-bond acceptors (Lipinski definition) is 6. The molecule has 0 atom stereocenters. The van der Waals surface area contributed by atoms with Crippen molar-refractivity contribution in [1.82, 2.24) is 5.32 Å². The molecular formula is C25H14BrClF3N3O6. The molecule has 1 saturated heterocycles. The molecular weight excluding hydrogens is 611 g/mol. The van der Waals surface area contributed by atoms with Crippen molar-refractivity contribution in [3.05, 3.63) is 103 Å². The number of nitro benzene ring substituents is 1. The third-order valence-corrected chi connectivity index (χ3v) is 6.34. The fourth-order valence-corrected chi connectivity index (χ4v) is 4.26. The number of imide groups is 2. The molecule has 1 fully saturated rings. The Morgan fingerprint density at radius 1 is 1.08 bits per heavy atom. The molecule has 0 aliphatic carbocycles. The highest BCUT2D eigenvalue weighted by Gasteiger charge is 2.39. The van der Waals surface area contributed by atoms with Crippen LogP contribution in [0.5, 0.6) is 5.75 Å². The molecule has 4 amide bonds. The summed E-state index contributed by atoms with van der Waals surface area (Å²) in [5, 5.41) is 12.6. The van der Waals surface area contributed by atoms with E-state index in [1.165, 1.54) is 36.4 Å². The van der Waals surface area contributed by atoms with Gasteiger partial charge < -0.3 is 4.74 Å². The number of nitrogens with zero attached hydrogens (tertiary/aromatic N) is 2. The number of halogens is 5. The molecule has 200 valence electrons. The average Bonchev–Trinajstić information content (AvgIpc) is 2.86. The minimum absolute atomic E-state index is 0.0103. The fraction of sp³-hybridized carbons (Fsp3) is 0.0800. The van der Waals surface area contributed by atoms with Crippen LogP contribution in [0.15, 0.2) is 70.7 Å². The minimum Gasteiger partial charge on any atom is -0.488 e. The summed E-state index contributed by atoms with van der Waals surface area (Å²) in [6.45, 7) is 0.0103. The van der Waals surface area contributed by atoms with Crippen LogP contribution in [-0.4, -0.2) is 22.8 Å². The first-order chi connectivity index (χ1) is 18.3. The Kier molecular flexibility index (Phi) is 7.74. The van der Waals surface area contributed by atoms with Gasteiger partial charge in [0.25, 0.3) is 17.5 Å². The van der Waals surface area contributed by atoms with Gasteiger partial charge in [-0.25, -0.2) is 9.69 Å². The van der Waals surface area contributed by atoms with E-state index in [2.05, 4.69) is 15.9 Å². The van der Waals surface area contributed by atoms with Crippen molar-refractivity contribution >= 4 is 62.8 Å². The van der Waals surface area contributed by atoms with Gasteiger partial charge in [0.05, 0.1) is 25.7 Å². The number of rotatable bonds is 6. The van der Waals surface area contributed by atoms with Crippen molar-refractivity contribution in [3.63, 3.8) is 0 Å². The van der Waals surface area contributed by atoms with Gasteiger partial charge in [0.15, 0.2) is 0 Å². The molecule has 0 saturated carbocycles. The Morgan fingerprint density at radius 2 is 1.82 bits per heavy atom. The topological polar surface area (TPSA) is 119 Å². The summed E-state index contributed by atoms with van der Waals surface area (Å²) < 4.78 is 45.7. The average molecular weight is 625 g/mol. The molecule has 39 heavy (non-hydrogen) atoms. The molecule has 9 nitrogen and oxygen atoms in total. The van der Waals surface area contributed by atoms with E-state index in [4.69, 9.17) is 16.3 Å². The first-order valence-corrected chi connectivity index (χ1v) is 12.0. The second-order valence-electron chi connectivity index (χ2n) is 8.03. The molecule has 1 aliphatic rings. The molecule has 0 aromatic heterocycles. The Balaban J connectivity index is 1.59. The summed E-state index contributed by atoms with van der Waals surface area (Å²) in [5.74, 6) is -1.88. The van der Waals surface area contributed by atoms with Gasteiger partial charge in [0, 0.05) is 12.1 Å². The molecule has 1 heterocycles. The minimum atomic E-state index is -4.77. The highest BCUT2D eigenvalue weighted by Crippen LogP contribution is 2.37. The van der Waals surface area contributed by atoms with Crippen LogP contribution in [0, 0.1) is 10.1 Å². The lowest BCUT2D eigenvalue weighted by Gasteiger charge is -2.27. The molecule has 4 rings (SSSR count). The number of anilines is 1. The number of non-ortho nitro benzene ring substituents is 1. The van der Waals surface area contributed by atoms with Crippen LogP contribution < -0.4 is 15.0 Å². The van der Waals surface area contributed by atoms with E-state index in [-0.39, 0.29) is 17.3 Å². The maximum absolute atomic E-state index is 13.2. The van der Waals surface area contributed by atoms with Crippen LogP contribution in [0.2, 0.25) is 5.02 Å². The zero-order chi connectivity index (χ0) is 28.5. The highest BCUT2D eigenvalue weighted by molar-refractivity contribution is 9.10. The molecule has 0 spiro atoms. The van der Waals surface area contributed by atoms with E-state index < -0.39 is 45.8 Å². The maximum atomic E-state index is 13.2. The van der Waals surface area contributed by atoms with Crippen LogP contribution >= 0.6 is 27.5 Å². The van der Waals surface area contributed by atoms with Gasteiger partial charge in [0.2, 0.25) is 0 Å². The standard InChI is InChI=1S/C25H14BrClF3N3O6/c26-18-10-13(4-7-21(18)39-12-14-2-1-3-16(8-14)33(37)38)9-17-22(34)31-24(36)32(23(17)35)20-11-15(25(28,29)30)5-6-19(20)27/h1-11H,12H2,(H,31,34,36)/b17-9-. The van der Waals surface area contributed by atoms with Crippen LogP contribution in [0.4, 0.5) is 29.3 Å². The van der Waals surface area contributed by atoms with Crippen molar-refractivity contribution in [1.29, 1.82) is 0 Å². The summed E-state index contributed by atoms with van der Waals surface area (Å²) in [4.78, 5) is 48.7. The van der Waals surface area contributed by atoms with Gasteiger partial charge in [-0.3, -0.25) is 25.0 Å². The number of urea groups is 1. The molecule has 14 heteroatoms. The van der Waals surface area contributed by atoms with E-state index >= 15 is 0 Å². The second kappa shape index (κ2) is 10.9.